The Bertz CT molecular complexity index is 568. The van der Waals surface area contributed by atoms with E-state index in [9.17, 15) is 9.59 Å². The molecular formula is C19H28N2O3. The van der Waals surface area contributed by atoms with Crippen LogP contribution in [0.25, 0.3) is 0 Å². The van der Waals surface area contributed by atoms with Gasteiger partial charge in [-0.3, -0.25) is 9.59 Å². The zero-order valence-electron chi connectivity index (χ0n) is 15.1. The second kappa shape index (κ2) is 8.18. The lowest BCUT2D eigenvalue weighted by molar-refractivity contribution is -0.132. The molecule has 0 N–H and O–H groups in total. The van der Waals surface area contributed by atoms with Crippen LogP contribution < -0.4 is 9.64 Å². The van der Waals surface area contributed by atoms with E-state index in [4.69, 9.17) is 4.74 Å². The first-order valence-electron chi connectivity index (χ1n) is 8.69. The summed E-state index contributed by atoms with van der Waals surface area (Å²) < 4.78 is 5.62. The van der Waals surface area contributed by atoms with Gasteiger partial charge in [0, 0.05) is 25.7 Å². The maximum atomic E-state index is 12.6. The molecule has 2 rings (SSSR count). The van der Waals surface area contributed by atoms with Crippen LogP contribution in [0.15, 0.2) is 24.3 Å². The number of anilines is 1. The molecule has 0 spiro atoms. The molecule has 132 valence electrons. The molecule has 1 saturated heterocycles. The van der Waals surface area contributed by atoms with Crippen molar-refractivity contribution in [1.82, 2.24) is 4.90 Å². The van der Waals surface area contributed by atoms with Crippen molar-refractivity contribution in [3.63, 3.8) is 0 Å². The summed E-state index contributed by atoms with van der Waals surface area (Å²) in [5.74, 6) is 1.17. The van der Waals surface area contributed by atoms with Crippen molar-refractivity contribution in [2.75, 3.05) is 24.5 Å². The third-order valence-corrected chi connectivity index (χ3v) is 4.20. The number of hydrogen-bond acceptors (Lipinski definition) is 3. The van der Waals surface area contributed by atoms with Crippen LogP contribution in [0.3, 0.4) is 0 Å². The summed E-state index contributed by atoms with van der Waals surface area (Å²) in [6, 6.07) is 7.31. The Balaban J connectivity index is 2.06. The van der Waals surface area contributed by atoms with E-state index in [0.717, 1.165) is 37.4 Å². The number of amides is 2. The summed E-state index contributed by atoms with van der Waals surface area (Å²) in [6.45, 7) is 9.25. The first kappa shape index (κ1) is 18.3. The average molecular weight is 332 g/mol. The number of likely N-dealkylation sites (tertiary alicyclic amines) is 1. The quantitative estimate of drug-likeness (QED) is 0.832. The highest BCUT2D eigenvalue weighted by Gasteiger charge is 2.24. The molecule has 5 nitrogen and oxygen atoms in total. The van der Waals surface area contributed by atoms with Crippen molar-refractivity contribution in [3.8, 4) is 5.75 Å². The molecule has 0 bridgehead atoms. The molecular weight excluding hydrogens is 304 g/mol. The molecule has 1 fully saturated rings. The average Bonchev–Trinajstić information content (AvgIpc) is 2.52. The molecule has 1 unspecified atom stereocenters. The van der Waals surface area contributed by atoms with Crippen molar-refractivity contribution in [2.45, 2.75) is 46.6 Å². The van der Waals surface area contributed by atoms with E-state index in [1.165, 1.54) is 11.8 Å². The Kier molecular flexibility index (Phi) is 6.23. The number of piperidine rings is 1. The Morgan fingerprint density at radius 2 is 1.96 bits per heavy atom. The third kappa shape index (κ3) is 4.98. The van der Waals surface area contributed by atoms with Crippen LogP contribution in [-0.4, -0.2) is 42.5 Å². The first-order chi connectivity index (χ1) is 11.4. The topological polar surface area (TPSA) is 49.9 Å². The van der Waals surface area contributed by atoms with E-state index in [1.54, 1.807) is 0 Å². The fourth-order valence-electron chi connectivity index (χ4n) is 3.01. The summed E-state index contributed by atoms with van der Waals surface area (Å²) in [5, 5.41) is 0. The highest BCUT2D eigenvalue weighted by atomic mass is 16.5. The summed E-state index contributed by atoms with van der Waals surface area (Å²) in [4.78, 5) is 28.0. The Morgan fingerprint density at radius 3 is 2.50 bits per heavy atom. The molecule has 1 aromatic rings. The Labute approximate surface area is 144 Å². The Hall–Kier alpha value is -2.04. The van der Waals surface area contributed by atoms with Crippen LogP contribution in [0.4, 0.5) is 5.69 Å². The molecule has 1 aliphatic rings. The summed E-state index contributed by atoms with van der Waals surface area (Å²) in [6.07, 6.45) is 2.30. The normalized spacial score (nSPS) is 17.7. The lowest BCUT2D eigenvalue weighted by Gasteiger charge is -2.32. The van der Waals surface area contributed by atoms with Gasteiger partial charge < -0.3 is 14.5 Å². The number of rotatable bonds is 5. The van der Waals surface area contributed by atoms with Crippen molar-refractivity contribution in [2.24, 2.45) is 5.92 Å². The zero-order valence-corrected chi connectivity index (χ0v) is 15.1. The van der Waals surface area contributed by atoms with Crippen molar-refractivity contribution in [3.05, 3.63) is 24.3 Å². The molecule has 1 atom stereocenters. The highest BCUT2D eigenvalue weighted by molar-refractivity contribution is 5.97. The van der Waals surface area contributed by atoms with Crippen molar-refractivity contribution >= 4 is 17.5 Å². The number of benzene rings is 1. The number of nitrogens with zero attached hydrogens (tertiary/aromatic N) is 2. The van der Waals surface area contributed by atoms with Gasteiger partial charge in [-0.15, -0.1) is 0 Å². The SMILES string of the molecule is CC(=O)N(CC(=O)N1CCCC(C)C1)c1ccc(OC(C)C)cc1. The maximum Gasteiger partial charge on any atom is 0.242 e. The lowest BCUT2D eigenvalue weighted by Crippen LogP contribution is -2.46. The number of carbonyl (C=O) groups excluding carboxylic acids is 2. The smallest absolute Gasteiger partial charge is 0.242 e. The molecule has 0 saturated carbocycles. The summed E-state index contributed by atoms with van der Waals surface area (Å²) in [5.41, 5.74) is 0.719. The van der Waals surface area contributed by atoms with Gasteiger partial charge in [-0.25, -0.2) is 0 Å². The second-order valence-corrected chi connectivity index (χ2v) is 6.85. The van der Waals surface area contributed by atoms with Crippen LogP contribution in [0.2, 0.25) is 0 Å². The van der Waals surface area contributed by atoms with E-state index in [2.05, 4.69) is 6.92 Å². The molecule has 1 aromatic carbocycles. The van der Waals surface area contributed by atoms with Crippen LogP contribution in [0, 0.1) is 5.92 Å². The number of carbonyl (C=O) groups is 2. The van der Waals surface area contributed by atoms with Gasteiger partial charge in [0.15, 0.2) is 0 Å². The molecule has 2 amide bonds. The van der Waals surface area contributed by atoms with E-state index in [-0.39, 0.29) is 24.5 Å². The van der Waals surface area contributed by atoms with Gasteiger partial charge in [0.2, 0.25) is 11.8 Å². The molecule has 5 heteroatoms. The number of ether oxygens (including phenoxy) is 1. The minimum atomic E-state index is -0.133. The fraction of sp³-hybridized carbons (Fsp3) is 0.579. The van der Waals surface area contributed by atoms with Gasteiger partial charge in [0.25, 0.3) is 0 Å². The summed E-state index contributed by atoms with van der Waals surface area (Å²) >= 11 is 0. The number of hydrogen-bond donors (Lipinski definition) is 0. The van der Waals surface area contributed by atoms with Crippen LogP contribution in [0.1, 0.15) is 40.5 Å². The van der Waals surface area contributed by atoms with E-state index < -0.39 is 0 Å². The predicted molar refractivity (Wildman–Crippen MR) is 95.2 cm³/mol. The van der Waals surface area contributed by atoms with Crippen molar-refractivity contribution in [1.29, 1.82) is 0 Å². The monoisotopic (exact) mass is 332 g/mol. The predicted octanol–water partition coefficient (Wildman–Crippen LogP) is 3.09. The van der Waals surface area contributed by atoms with Gasteiger partial charge in [0.05, 0.1) is 6.10 Å². The largest absolute Gasteiger partial charge is 0.491 e. The third-order valence-electron chi connectivity index (χ3n) is 4.20. The Morgan fingerprint density at radius 1 is 1.29 bits per heavy atom. The molecule has 1 heterocycles. The van der Waals surface area contributed by atoms with E-state index in [0.29, 0.717) is 5.92 Å². The van der Waals surface area contributed by atoms with Crippen LogP contribution in [-0.2, 0) is 9.59 Å². The standard InChI is InChI=1S/C19H28N2O3/c1-14(2)24-18-9-7-17(8-10-18)21(16(4)22)13-19(23)20-11-5-6-15(3)12-20/h7-10,14-15H,5-6,11-13H2,1-4H3. The van der Waals surface area contributed by atoms with Crippen molar-refractivity contribution < 1.29 is 14.3 Å². The molecule has 24 heavy (non-hydrogen) atoms. The van der Waals surface area contributed by atoms with Gasteiger partial charge >= 0.3 is 0 Å². The maximum absolute atomic E-state index is 12.6. The van der Waals surface area contributed by atoms with Crippen LogP contribution >= 0.6 is 0 Å². The zero-order chi connectivity index (χ0) is 17.7. The van der Waals surface area contributed by atoms with E-state index >= 15 is 0 Å². The first-order valence-corrected chi connectivity index (χ1v) is 8.69. The lowest BCUT2D eigenvalue weighted by atomic mass is 10.0. The minimum Gasteiger partial charge on any atom is -0.491 e. The van der Waals surface area contributed by atoms with Gasteiger partial charge in [-0.05, 0) is 56.9 Å². The fourth-order valence-corrected chi connectivity index (χ4v) is 3.01. The van der Waals surface area contributed by atoms with E-state index in [1.807, 2.05) is 43.0 Å². The second-order valence-electron chi connectivity index (χ2n) is 6.85. The van der Waals surface area contributed by atoms with Crippen LogP contribution in [0.5, 0.6) is 5.75 Å². The summed E-state index contributed by atoms with van der Waals surface area (Å²) in [7, 11) is 0. The minimum absolute atomic E-state index is 0.0132. The molecule has 0 radical (unpaired) electrons. The van der Waals surface area contributed by atoms with Gasteiger partial charge in [-0.2, -0.15) is 0 Å². The molecule has 0 aromatic heterocycles. The molecule has 0 aliphatic carbocycles. The van der Waals surface area contributed by atoms with Gasteiger partial charge in [0.1, 0.15) is 12.3 Å². The molecule has 1 aliphatic heterocycles. The van der Waals surface area contributed by atoms with Gasteiger partial charge in [-0.1, -0.05) is 6.92 Å². The highest BCUT2D eigenvalue weighted by Crippen LogP contribution is 2.21.